The molecule has 154 valence electrons. The topological polar surface area (TPSA) is 89.1 Å². The van der Waals surface area contributed by atoms with Crippen LogP contribution in [0.5, 0.6) is 17.2 Å². The number of hydrogen-bond acceptors (Lipinski definition) is 5. The second-order valence-electron chi connectivity index (χ2n) is 6.65. The van der Waals surface area contributed by atoms with Crippen molar-refractivity contribution in [2.24, 2.45) is 5.92 Å². The maximum absolute atomic E-state index is 12.4. The van der Waals surface area contributed by atoms with Crippen LogP contribution in [-0.2, 0) is 4.79 Å². The molecule has 29 heavy (non-hydrogen) atoms. The van der Waals surface area contributed by atoms with E-state index in [2.05, 4.69) is 10.6 Å². The number of nitrogens with one attached hydrogen (secondary N) is 2. The average Bonchev–Trinajstić information content (AvgIpc) is 3.13. The van der Waals surface area contributed by atoms with Gasteiger partial charge in [0.1, 0.15) is 22.9 Å². The van der Waals surface area contributed by atoms with Gasteiger partial charge in [-0.05, 0) is 36.4 Å². The predicted octanol–water partition coefficient (Wildman–Crippen LogP) is 2.89. The van der Waals surface area contributed by atoms with Gasteiger partial charge in [-0.15, -0.1) is 0 Å². The van der Waals surface area contributed by atoms with Crippen LogP contribution in [0, 0.1) is 5.92 Å². The number of anilines is 2. The Kier molecular flexibility index (Phi) is 6.43. The smallest absolute Gasteiger partial charge is 0.319 e. The van der Waals surface area contributed by atoms with Gasteiger partial charge in [0.05, 0.1) is 21.3 Å². The fourth-order valence-corrected chi connectivity index (χ4v) is 3.30. The van der Waals surface area contributed by atoms with Crippen LogP contribution in [0.25, 0.3) is 0 Å². The van der Waals surface area contributed by atoms with E-state index in [1.54, 1.807) is 30.2 Å². The lowest BCUT2D eigenvalue weighted by molar-refractivity contribution is -0.117. The number of urea groups is 1. The van der Waals surface area contributed by atoms with Gasteiger partial charge in [-0.1, -0.05) is 6.07 Å². The van der Waals surface area contributed by atoms with Gasteiger partial charge in [-0.25, -0.2) is 4.79 Å². The number of methoxy groups -OCH3 is 3. The Hall–Kier alpha value is -3.42. The van der Waals surface area contributed by atoms with Crippen LogP contribution in [0.4, 0.5) is 16.2 Å². The lowest BCUT2D eigenvalue weighted by atomic mass is 10.1. The van der Waals surface area contributed by atoms with Crippen molar-refractivity contribution in [2.75, 3.05) is 44.6 Å². The van der Waals surface area contributed by atoms with Gasteiger partial charge in [0.2, 0.25) is 5.91 Å². The molecule has 1 unspecified atom stereocenters. The molecule has 3 rings (SSSR count). The van der Waals surface area contributed by atoms with E-state index in [0.717, 1.165) is 11.4 Å². The summed E-state index contributed by atoms with van der Waals surface area (Å²) in [7, 11) is 4.65. The molecule has 2 N–H and O–H groups in total. The molecule has 0 aromatic heterocycles. The summed E-state index contributed by atoms with van der Waals surface area (Å²) < 4.78 is 15.7. The first-order chi connectivity index (χ1) is 14.0. The highest BCUT2D eigenvalue weighted by Crippen LogP contribution is 2.34. The molecule has 1 heterocycles. The second kappa shape index (κ2) is 9.18. The Morgan fingerprint density at radius 3 is 2.28 bits per heavy atom. The second-order valence-corrected chi connectivity index (χ2v) is 6.65. The summed E-state index contributed by atoms with van der Waals surface area (Å²) in [5, 5.41) is 5.59. The van der Waals surface area contributed by atoms with Gasteiger partial charge >= 0.3 is 6.03 Å². The lowest BCUT2D eigenvalue weighted by Gasteiger charge is -2.18. The van der Waals surface area contributed by atoms with Crippen LogP contribution >= 0.6 is 0 Å². The van der Waals surface area contributed by atoms with E-state index in [4.69, 9.17) is 14.2 Å². The average molecular weight is 399 g/mol. The van der Waals surface area contributed by atoms with Crippen molar-refractivity contribution in [2.45, 2.75) is 6.42 Å². The SMILES string of the molecule is COc1ccc(N2CC(CNC(=O)Nc3c(OC)cccc3OC)CC2=O)cc1. The van der Waals surface area contributed by atoms with Gasteiger partial charge in [-0.3, -0.25) is 4.79 Å². The number of benzene rings is 2. The Morgan fingerprint density at radius 1 is 1.03 bits per heavy atom. The van der Waals surface area contributed by atoms with Crippen molar-refractivity contribution in [3.8, 4) is 17.2 Å². The van der Waals surface area contributed by atoms with Crippen LogP contribution < -0.4 is 29.7 Å². The molecule has 0 bridgehead atoms. The number of rotatable bonds is 7. The summed E-state index contributed by atoms with van der Waals surface area (Å²) >= 11 is 0. The first-order valence-electron chi connectivity index (χ1n) is 9.26. The summed E-state index contributed by atoms with van der Waals surface area (Å²) in [6.45, 7) is 0.922. The molecule has 0 aliphatic carbocycles. The Balaban J connectivity index is 1.57. The third-order valence-corrected chi connectivity index (χ3v) is 4.81. The largest absolute Gasteiger partial charge is 0.497 e. The third-order valence-electron chi connectivity index (χ3n) is 4.81. The summed E-state index contributed by atoms with van der Waals surface area (Å²) in [5.74, 6) is 1.80. The van der Waals surface area contributed by atoms with Crippen LogP contribution in [-0.4, -0.2) is 46.4 Å². The number of carbonyl (C=O) groups excluding carboxylic acids is 2. The number of hydrogen-bond donors (Lipinski definition) is 2. The number of amides is 3. The number of nitrogens with zero attached hydrogens (tertiary/aromatic N) is 1. The zero-order valence-electron chi connectivity index (χ0n) is 16.7. The minimum absolute atomic E-state index is 0.0231. The van der Waals surface area contributed by atoms with Gasteiger partial charge in [-0.2, -0.15) is 0 Å². The Bertz CT molecular complexity index is 847. The van der Waals surface area contributed by atoms with E-state index >= 15 is 0 Å². The Labute approximate surface area is 169 Å². The van der Waals surface area contributed by atoms with Crippen molar-refractivity contribution in [3.05, 3.63) is 42.5 Å². The fourth-order valence-electron chi connectivity index (χ4n) is 3.30. The van der Waals surface area contributed by atoms with E-state index in [9.17, 15) is 9.59 Å². The van der Waals surface area contributed by atoms with Crippen molar-refractivity contribution in [1.29, 1.82) is 0 Å². The molecule has 1 aliphatic heterocycles. The van der Waals surface area contributed by atoms with Crippen molar-refractivity contribution >= 4 is 23.3 Å². The van der Waals surface area contributed by atoms with Crippen LogP contribution in [0.1, 0.15) is 6.42 Å². The summed E-state index contributed by atoms with van der Waals surface area (Å²) in [6.07, 6.45) is 0.379. The van der Waals surface area contributed by atoms with Crippen LogP contribution in [0.3, 0.4) is 0 Å². The van der Waals surface area contributed by atoms with Crippen molar-refractivity contribution < 1.29 is 23.8 Å². The minimum Gasteiger partial charge on any atom is -0.497 e. The number of carbonyl (C=O) groups is 2. The maximum atomic E-state index is 12.4. The molecule has 0 saturated carbocycles. The first kappa shape index (κ1) is 20.3. The van der Waals surface area contributed by atoms with Gasteiger partial charge in [0, 0.05) is 31.1 Å². The van der Waals surface area contributed by atoms with E-state index in [0.29, 0.717) is 36.7 Å². The lowest BCUT2D eigenvalue weighted by Crippen LogP contribution is -2.34. The molecule has 3 amide bonds. The van der Waals surface area contributed by atoms with E-state index < -0.39 is 0 Å². The number of para-hydroxylation sites is 1. The number of ether oxygens (including phenoxy) is 3. The monoisotopic (exact) mass is 399 g/mol. The molecule has 1 atom stereocenters. The first-order valence-corrected chi connectivity index (χ1v) is 9.26. The molecule has 8 heteroatoms. The zero-order chi connectivity index (χ0) is 20.8. The van der Waals surface area contributed by atoms with E-state index in [1.807, 2.05) is 24.3 Å². The third kappa shape index (κ3) is 4.71. The minimum atomic E-state index is -0.386. The molecule has 1 aliphatic rings. The summed E-state index contributed by atoms with van der Waals surface area (Å²) in [4.78, 5) is 26.5. The maximum Gasteiger partial charge on any atom is 0.319 e. The summed E-state index contributed by atoms with van der Waals surface area (Å²) in [5.41, 5.74) is 1.28. The molecule has 1 fully saturated rings. The normalized spacial score (nSPS) is 15.8. The quantitative estimate of drug-likeness (QED) is 0.747. The van der Waals surface area contributed by atoms with E-state index in [1.165, 1.54) is 14.2 Å². The predicted molar refractivity (Wildman–Crippen MR) is 110 cm³/mol. The highest BCUT2D eigenvalue weighted by molar-refractivity contribution is 5.96. The Morgan fingerprint density at radius 2 is 1.69 bits per heavy atom. The van der Waals surface area contributed by atoms with Gasteiger partial charge in [0.25, 0.3) is 0 Å². The van der Waals surface area contributed by atoms with E-state index in [-0.39, 0.29) is 17.9 Å². The van der Waals surface area contributed by atoms with Crippen molar-refractivity contribution in [1.82, 2.24) is 5.32 Å². The molecule has 0 radical (unpaired) electrons. The molecular formula is C21H25N3O5. The fraction of sp³-hybridized carbons (Fsp3) is 0.333. The van der Waals surface area contributed by atoms with Crippen molar-refractivity contribution in [3.63, 3.8) is 0 Å². The molecule has 0 spiro atoms. The molecule has 2 aromatic rings. The molecular weight excluding hydrogens is 374 g/mol. The molecule has 8 nitrogen and oxygen atoms in total. The summed E-state index contributed by atoms with van der Waals surface area (Å²) in [6, 6.07) is 12.2. The zero-order valence-corrected chi connectivity index (χ0v) is 16.7. The van der Waals surface area contributed by atoms with Crippen LogP contribution in [0.15, 0.2) is 42.5 Å². The molecule has 2 aromatic carbocycles. The van der Waals surface area contributed by atoms with Crippen LogP contribution in [0.2, 0.25) is 0 Å². The van der Waals surface area contributed by atoms with Gasteiger partial charge < -0.3 is 29.7 Å². The highest BCUT2D eigenvalue weighted by atomic mass is 16.5. The standard InChI is InChI=1S/C21H25N3O5/c1-27-16-9-7-15(8-10-16)24-13-14(11-19(24)25)12-22-21(26)23-20-17(28-2)5-4-6-18(20)29-3/h4-10,14H,11-13H2,1-3H3,(H2,22,23,26). The molecule has 1 saturated heterocycles. The highest BCUT2D eigenvalue weighted by Gasteiger charge is 2.30. The van der Waals surface area contributed by atoms with Gasteiger partial charge in [0.15, 0.2) is 0 Å².